The van der Waals surface area contributed by atoms with E-state index >= 15 is 0 Å². The summed E-state index contributed by atoms with van der Waals surface area (Å²) < 4.78 is 4.94. The number of nitro groups is 1. The van der Waals surface area contributed by atoms with Gasteiger partial charge in [-0.2, -0.15) is 0 Å². The third-order valence-corrected chi connectivity index (χ3v) is 4.60. The van der Waals surface area contributed by atoms with Crippen LogP contribution in [0.3, 0.4) is 0 Å². The highest BCUT2D eigenvalue weighted by Gasteiger charge is 2.39. The molecule has 2 amide bonds. The zero-order chi connectivity index (χ0) is 19.6. The molecule has 8 heteroatoms. The summed E-state index contributed by atoms with van der Waals surface area (Å²) in [6, 6.07) is 12.2. The molecule has 0 saturated carbocycles. The summed E-state index contributed by atoms with van der Waals surface area (Å²) in [5.41, 5.74) is 1.05. The lowest BCUT2D eigenvalue weighted by Gasteiger charge is -2.41. The second-order valence-electron chi connectivity index (χ2n) is 6.85. The highest BCUT2D eigenvalue weighted by molar-refractivity contribution is 5.94. The maximum Gasteiger partial charge on any atom is 0.433 e. The Balaban J connectivity index is 1.60. The first-order valence-corrected chi connectivity index (χ1v) is 8.74. The van der Waals surface area contributed by atoms with Gasteiger partial charge in [-0.05, 0) is 25.5 Å². The van der Waals surface area contributed by atoms with Gasteiger partial charge >= 0.3 is 5.88 Å². The number of rotatable bonds is 6. The Morgan fingerprint density at radius 3 is 2.44 bits per heavy atom. The van der Waals surface area contributed by atoms with Gasteiger partial charge in [0, 0.05) is 25.7 Å². The number of likely N-dealkylation sites (tertiary alicyclic amines) is 1. The zero-order valence-corrected chi connectivity index (χ0v) is 15.2. The van der Waals surface area contributed by atoms with Crippen LogP contribution in [0.15, 0.2) is 46.9 Å². The van der Waals surface area contributed by atoms with E-state index in [0.717, 1.165) is 11.6 Å². The van der Waals surface area contributed by atoms with Crippen LogP contribution in [0.25, 0.3) is 0 Å². The van der Waals surface area contributed by atoms with E-state index < -0.39 is 16.7 Å². The third kappa shape index (κ3) is 3.99. The van der Waals surface area contributed by atoms with Crippen molar-refractivity contribution in [1.29, 1.82) is 0 Å². The molecule has 0 N–H and O–H groups in total. The van der Waals surface area contributed by atoms with Crippen LogP contribution in [0.1, 0.15) is 30.0 Å². The number of hydrogen-bond acceptors (Lipinski definition) is 5. The van der Waals surface area contributed by atoms with Crippen molar-refractivity contribution in [3.05, 3.63) is 63.9 Å². The number of carbonyl (C=O) groups is 2. The highest BCUT2D eigenvalue weighted by atomic mass is 16.6. The normalized spacial score (nSPS) is 14.1. The summed E-state index contributed by atoms with van der Waals surface area (Å²) in [6.07, 6.45) is 0. The van der Waals surface area contributed by atoms with Gasteiger partial charge in [0.1, 0.15) is 4.92 Å². The predicted octanol–water partition coefficient (Wildman–Crippen LogP) is 2.70. The second kappa shape index (κ2) is 7.61. The van der Waals surface area contributed by atoms with E-state index in [2.05, 4.69) is 0 Å². The summed E-state index contributed by atoms with van der Waals surface area (Å²) in [4.78, 5) is 38.4. The van der Waals surface area contributed by atoms with Gasteiger partial charge in [-0.25, -0.2) is 0 Å². The second-order valence-corrected chi connectivity index (χ2v) is 6.85. The Morgan fingerprint density at radius 1 is 1.22 bits per heavy atom. The summed E-state index contributed by atoms with van der Waals surface area (Å²) in [5.74, 6) is -1.27. The molecule has 0 bridgehead atoms. The van der Waals surface area contributed by atoms with Gasteiger partial charge in [0.2, 0.25) is 5.91 Å². The average molecular weight is 371 g/mol. The quantitative estimate of drug-likeness (QED) is 0.574. The molecule has 1 aliphatic rings. The Labute approximate surface area is 156 Å². The van der Waals surface area contributed by atoms with Crippen molar-refractivity contribution in [3.63, 3.8) is 0 Å². The van der Waals surface area contributed by atoms with Crippen LogP contribution in [0.5, 0.6) is 0 Å². The number of amides is 2. The first kappa shape index (κ1) is 18.6. The molecule has 0 spiro atoms. The van der Waals surface area contributed by atoms with Crippen LogP contribution in [0.4, 0.5) is 5.88 Å². The fraction of sp³-hybridized carbons (Fsp3) is 0.368. The van der Waals surface area contributed by atoms with Crippen molar-refractivity contribution in [2.24, 2.45) is 5.92 Å². The van der Waals surface area contributed by atoms with Crippen LogP contribution in [-0.4, -0.2) is 45.7 Å². The monoisotopic (exact) mass is 371 g/mol. The van der Waals surface area contributed by atoms with Crippen molar-refractivity contribution in [3.8, 4) is 0 Å². The highest BCUT2D eigenvalue weighted by Crippen LogP contribution is 2.25. The molecule has 1 aromatic carbocycles. The molecule has 27 heavy (non-hydrogen) atoms. The van der Waals surface area contributed by atoms with Gasteiger partial charge in [0.05, 0.1) is 12.0 Å². The van der Waals surface area contributed by atoms with E-state index in [1.165, 1.54) is 11.0 Å². The lowest BCUT2D eigenvalue weighted by molar-refractivity contribution is -0.402. The Bertz CT molecular complexity index is 840. The number of furan rings is 1. The molecule has 2 heterocycles. The fourth-order valence-electron chi connectivity index (χ4n) is 3.03. The van der Waals surface area contributed by atoms with E-state index in [4.69, 9.17) is 4.42 Å². The molecule has 1 fully saturated rings. The molecular weight excluding hydrogens is 350 g/mol. The average Bonchev–Trinajstić information content (AvgIpc) is 3.09. The van der Waals surface area contributed by atoms with Crippen LogP contribution < -0.4 is 0 Å². The minimum Gasteiger partial charge on any atom is -0.395 e. The summed E-state index contributed by atoms with van der Waals surface area (Å²) >= 11 is 0. The molecule has 1 aliphatic heterocycles. The summed E-state index contributed by atoms with van der Waals surface area (Å²) in [6.45, 7) is 5.01. The van der Waals surface area contributed by atoms with Gasteiger partial charge in [-0.3, -0.25) is 19.7 Å². The minimum absolute atomic E-state index is 0.00308. The lowest BCUT2D eigenvalue weighted by atomic mass is 9.97. The van der Waals surface area contributed by atoms with Crippen molar-refractivity contribution in [2.75, 3.05) is 13.1 Å². The van der Waals surface area contributed by atoms with E-state index in [1.54, 1.807) is 4.90 Å². The molecule has 0 radical (unpaired) electrons. The Morgan fingerprint density at radius 2 is 1.89 bits per heavy atom. The smallest absolute Gasteiger partial charge is 0.395 e. The van der Waals surface area contributed by atoms with E-state index in [9.17, 15) is 19.7 Å². The van der Waals surface area contributed by atoms with Crippen molar-refractivity contribution >= 4 is 17.7 Å². The fourth-order valence-corrected chi connectivity index (χ4v) is 3.03. The third-order valence-electron chi connectivity index (χ3n) is 4.60. The summed E-state index contributed by atoms with van der Waals surface area (Å²) in [7, 11) is 0. The van der Waals surface area contributed by atoms with Crippen LogP contribution in [0.2, 0.25) is 0 Å². The molecule has 1 aromatic heterocycles. The predicted molar refractivity (Wildman–Crippen MR) is 96.9 cm³/mol. The molecule has 0 unspecified atom stereocenters. The Kier molecular flexibility index (Phi) is 5.25. The van der Waals surface area contributed by atoms with Crippen molar-refractivity contribution in [1.82, 2.24) is 9.80 Å². The molecule has 0 atom stereocenters. The molecule has 2 aromatic rings. The molecule has 8 nitrogen and oxygen atoms in total. The first-order chi connectivity index (χ1) is 12.9. The van der Waals surface area contributed by atoms with E-state index in [-0.39, 0.29) is 36.7 Å². The summed E-state index contributed by atoms with van der Waals surface area (Å²) in [5, 5.41) is 10.7. The zero-order valence-electron chi connectivity index (χ0n) is 15.2. The van der Waals surface area contributed by atoms with Crippen LogP contribution in [0, 0.1) is 16.0 Å². The van der Waals surface area contributed by atoms with Gasteiger partial charge in [0.25, 0.3) is 5.91 Å². The molecule has 3 rings (SSSR count). The number of benzene rings is 1. The van der Waals surface area contributed by atoms with Crippen LogP contribution >= 0.6 is 0 Å². The number of hydrogen-bond donors (Lipinski definition) is 0. The van der Waals surface area contributed by atoms with Crippen molar-refractivity contribution in [2.45, 2.75) is 26.4 Å². The van der Waals surface area contributed by atoms with Crippen molar-refractivity contribution < 1.29 is 18.9 Å². The van der Waals surface area contributed by atoms with Crippen LogP contribution in [-0.2, 0) is 11.3 Å². The number of nitrogens with zero attached hydrogens (tertiary/aromatic N) is 3. The first-order valence-electron chi connectivity index (χ1n) is 8.74. The van der Waals surface area contributed by atoms with Gasteiger partial charge in [-0.1, -0.05) is 30.3 Å². The maximum atomic E-state index is 12.8. The SMILES string of the molecule is CC(C)N(Cc1ccccc1)C(=O)C1CN(C(=O)c2ccc([N+](=O)[O-])o2)C1. The molecular formula is C19H21N3O5. The van der Waals surface area contributed by atoms with E-state index in [1.807, 2.05) is 44.2 Å². The topological polar surface area (TPSA) is 96.9 Å². The van der Waals surface area contributed by atoms with Gasteiger partial charge < -0.3 is 14.2 Å². The largest absolute Gasteiger partial charge is 0.433 e. The molecule has 142 valence electrons. The molecule has 0 aliphatic carbocycles. The minimum atomic E-state index is -0.691. The number of carbonyl (C=O) groups excluding carboxylic acids is 2. The molecule has 1 saturated heterocycles. The Hall–Kier alpha value is -3.16. The standard InChI is InChI=1S/C19H21N3O5/c1-13(2)21(10-14-6-4-3-5-7-14)18(23)15-11-20(12-15)19(24)16-8-9-17(27-16)22(25)26/h3-9,13,15H,10-12H2,1-2H3. The lowest BCUT2D eigenvalue weighted by Crippen LogP contribution is -2.57. The van der Waals surface area contributed by atoms with Gasteiger partial charge in [0.15, 0.2) is 5.76 Å². The maximum absolute atomic E-state index is 12.8. The van der Waals surface area contributed by atoms with E-state index in [0.29, 0.717) is 6.54 Å². The van der Waals surface area contributed by atoms with Gasteiger partial charge in [-0.15, -0.1) is 0 Å².